The molecule has 2 aromatic rings. The SMILES string of the molecule is CCn1cc(CC(=O)c2cc3c(s2)CCC3)cn1. The fourth-order valence-electron chi connectivity index (χ4n) is 2.41. The number of hydrogen-bond donors (Lipinski definition) is 0. The van der Waals surface area contributed by atoms with Crippen molar-refractivity contribution in [2.24, 2.45) is 0 Å². The third-order valence-corrected chi connectivity index (χ3v) is 4.67. The van der Waals surface area contributed by atoms with E-state index in [0.29, 0.717) is 6.42 Å². The maximum atomic E-state index is 12.2. The van der Waals surface area contributed by atoms with Crippen LogP contribution in [0.4, 0.5) is 0 Å². The van der Waals surface area contributed by atoms with Crippen molar-refractivity contribution in [3.8, 4) is 0 Å². The van der Waals surface area contributed by atoms with Crippen molar-refractivity contribution in [2.75, 3.05) is 0 Å². The van der Waals surface area contributed by atoms with Gasteiger partial charge in [-0.3, -0.25) is 9.48 Å². The Balaban J connectivity index is 1.74. The van der Waals surface area contributed by atoms with E-state index in [1.807, 2.05) is 17.8 Å². The summed E-state index contributed by atoms with van der Waals surface area (Å²) >= 11 is 1.69. The Morgan fingerprint density at radius 2 is 2.39 bits per heavy atom. The maximum absolute atomic E-state index is 12.2. The highest BCUT2D eigenvalue weighted by Crippen LogP contribution is 2.31. The highest BCUT2D eigenvalue weighted by atomic mass is 32.1. The lowest BCUT2D eigenvalue weighted by Gasteiger charge is -1.95. The summed E-state index contributed by atoms with van der Waals surface area (Å²) in [5.41, 5.74) is 2.41. The van der Waals surface area contributed by atoms with Crippen LogP contribution in [0.2, 0.25) is 0 Å². The van der Waals surface area contributed by atoms with Gasteiger partial charge in [0.05, 0.1) is 11.1 Å². The van der Waals surface area contributed by atoms with Gasteiger partial charge in [0, 0.05) is 24.0 Å². The molecule has 0 saturated carbocycles. The summed E-state index contributed by atoms with van der Waals surface area (Å²) in [7, 11) is 0. The van der Waals surface area contributed by atoms with Gasteiger partial charge in [0.25, 0.3) is 0 Å². The van der Waals surface area contributed by atoms with E-state index >= 15 is 0 Å². The maximum Gasteiger partial charge on any atom is 0.177 e. The van der Waals surface area contributed by atoms with Gasteiger partial charge in [0.1, 0.15) is 0 Å². The van der Waals surface area contributed by atoms with Gasteiger partial charge in [0.2, 0.25) is 0 Å². The lowest BCUT2D eigenvalue weighted by atomic mass is 10.1. The Hall–Kier alpha value is -1.42. The first-order valence-electron chi connectivity index (χ1n) is 6.42. The lowest BCUT2D eigenvalue weighted by Crippen LogP contribution is -2.00. The Morgan fingerprint density at radius 1 is 1.50 bits per heavy atom. The van der Waals surface area contributed by atoms with E-state index in [1.54, 1.807) is 17.5 Å². The minimum atomic E-state index is 0.227. The van der Waals surface area contributed by atoms with Gasteiger partial charge in [-0.05, 0) is 43.4 Å². The quantitative estimate of drug-likeness (QED) is 0.792. The number of hydrogen-bond acceptors (Lipinski definition) is 3. The molecule has 0 unspecified atom stereocenters. The van der Waals surface area contributed by atoms with Crippen molar-refractivity contribution in [2.45, 2.75) is 39.2 Å². The number of nitrogens with zero attached hydrogens (tertiary/aromatic N) is 2. The summed E-state index contributed by atoms with van der Waals surface area (Å²) < 4.78 is 1.86. The molecule has 0 atom stereocenters. The topological polar surface area (TPSA) is 34.9 Å². The molecule has 94 valence electrons. The van der Waals surface area contributed by atoms with E-state index < -0.39 is 0 Å². The number of aromatic nitrogens is 2. The number of fused-ring (bicyclic) bond motifs is 1. The molecule has 18 heavy (non-hydrogen) atoms. The molecule has 2 heterocycles. The molecule has 0 amide bonds. The molecule has 0 N–H and O–H groups in total. The molecular formula is C14H16N2OS. The first-order chi connectivity index (χ1) is 8.76. The smallest absolute Gasteiger partial charge is 0.177 e. The zero-order valence-corrected chi connectivity index (χ0v) is 11.3. The number of aryl methyl sites for hydroxylation is 3. The van der Waals surface area contributed by atoms with Crippen molar-refractivity contribution in [1.82, 2.24) is 9.78 Å². The highest BCUT2D eigenvalue weighted by Gasteiger charge is 2.18. The van der Waals surface area contributed by atoms with E-state index in [-0.39, 0.29) is 5.78 Å². The molecule has 4 heteroatoms. The van der Waals surface area contributed by atoms with Crippen LogP contribution in [0.1, 0.15) is 39.0 Å². The van der Waals surface area contributed by atoms with Crippen LogP contribution in [0, 0.1) is 0 Å². The van der Waals surface area contributed by atoms with E-state index in [0.717, 1.165) is 29.8 Å². The van der Waals surface area contributed by atoms with Gasteiger partial charge in [-0.2, -0.15) is 5.10 Å². The van der Waals surface area contributed by atoms with E-state index in [1.165, 1.54) is 16.9 Å². The number of thiophene rings is 1. The average molecular weight is 260 g/mol. The third kappa shape index (κ3) is 2.12. The zero-order chi connectivity index (χ0) is 12.5. The predicted molar refractivity (Wildman–Crippen MR) is 72.3 cm³/mol. The fourth-order valence-corrected chi connectivity index (χ4v) is 3.60. The summed E-state index contributed by atoms with van der Waals surface area (Å²) in [6.45, 7) is 2.89. The van der Waals surface area contributed by atoms with Crippen molar-refractivity contribution < 1.29 is 4.79 Å². The molecule has 3 rings (SSSR count). The normalized spacial score (nSPS) is 13.8. The third-order valence-electron chi connectivity index (χ3n) is 3.40. The van der Waals surface area contributed by atoms with Crippen molar-refractivity contribution in [1.29, 1.82) is 0 Å². The first-order valence-corrected chi connectivity index (χ1v) is 7.24. The molecular weight excluding hydrogens is 244 g/mol. The lowest BCUT2D eigenvalue weighted by molar-refractivity contribution is 0.0996. The summed E-state index contributed by atoms with van der Waals surface area (Å²) in [5, 5.41) is 4.20. The molecule has 0 saturated heterocycles. The van der Waals surface area contributed by atoms with Crippen LogP contribution in [-0.2, 0) is 25.8 Å². The second-order valence-corrected chi connectivity index (χ2v) is 5.85. The molecule has 0 fully saturated rings. The molecule has 2 aromatic heterocycles. The van der Waals surface area contributed by atoms with Crippen molar-refractivity contribution in [3.05, 3.63) is 39.3 Å². The number of rotatable bonds is 4. The summed E-state index contributed by atoms with van der Waals surface area (Å²) in [6.07, 6.45) is 7.77. The number of ketones is 1. The second-order valence-electron chi connectivity index (χ2n) is 4.72. The zero-order valence-electron chi connectivity index (χ0n) is 10.5. The molecule has 0 aromatic carbocycles. The standard InChI is InChI=1S/C14H16N2OS/c1-2-16-9-10(8-15-16)6-12(17)14-7-11-4-3-5-13(11)18-14/h7-9H,2-6H2,1H3. The Kier molecular flexibility index (Phi) is 3.04. The van der Waals surface area contributed by atoms with Crippen molar-refractivity contribution >= 4 is 17.1 Å². The van der Waals surface area contributed by atoms with Gasteiger partial charge in [-0.1, -0.05) is 0 Å². The Bertz CT molecular complexity index is 561. The molecule has 0 spiro atoms. The van der Waals surface area contributed by atoms with Crippen LogP contribution in [0.25, 0.3) is 0 Å². The van der Waals surface area contributed by atoms with Crippen LogP contribution in [0.15, 0.2) is 18.5 Å². The van der Waals surface area contributed by atoms with Gasteiger partial charge < -0.3 is 0 Å². The number of Topliss-reactive ketones (excluding diaryl/α,β-unsaturated/α-hetero) is 1. The monoisotopic (exact) mass is 260 g/mol. The number of carbonyl (C=O) groups is 1. The number of carbonyl (C=O) groups excluding carboxylic acids is 1. The largest absolute Gasteiger partial charge is 0.293 e. The van der Waals surface area contributed by atoms with E-state index in [2.05, 4.69) is 11.2 Å². The van der Waals surface area contributed by atoms with Crippen LogP contribution < -0.4 is 0 Å². The van der Waals surface area contributed by atoms with Gasteiger partial charge in [-0.25, -0.2) is 0 Å². The molecule has 1 aliphatic carbocycles. The van der Waals surface area contributed by atoms with Crippen LogP contribution in [0.5, 0.6) is 0 Å². The molecule has 0 bridgehead atoms. The van der Waals surface area contributed by atoms with Crippen LogP contribution >= 0.6 is 11.3 Å². The Labute approximate surface area is 110 Å². The minimum Gasteiger partial charge on any atom is -0.293 e. The van der Waals surface area contributed by atoms with Gasteiger partial charge in [0.15, 0.2) is 5.78 Å². The van der Waals surface area contributed by atoms with Crippen LogP contribution in [-0.4, -0.2) is 15.6 Å². The van der Waals surface area contributed by atoms with E-state index in [9.17, 15) is 4.79 Å². The summed E-state index contributed by atoms with van der Waals surface area (Å²) in [5.74, 6) is 0.227. The first kappa shape index (κ1) is 11.7. The van der Waals surface area contributed by atoms with Gasteiger partial charge in [-0.15, -0.1) is 11.3 Å². The predicted octanol–water partition coefficient (Wildman–Crippen LogP) is 2.88. The second kappa shape index (κ2) is 4.69. The average Bonchev–Trinajstić information content (AvgIpc) is 3.02. The molecule has 3 nitrogen and oxygen atoms in total. The van der Waals surface area contributed by atoms with Crippen molar-refractivity contribution in [3.63, 3.8) is 0 Å². The summed E-state index contributed by atoms with van der Waals surface area (Å²) in [6, 6.07) is 2.10. The molecule has 0 aliphatic heterocycles. The molecule has 1 aliphatic rings. The van der Waals surface area contributed by atoms with Gasteiger partial charge >= 0.3 is 0 Å². The van der Waals surface area contributed by atoms with Crippen LogP contribution in [0.3, 0.4) is 0 Å². The Morgan fingerprint density at radius 3 is 3.11 bits per heavy atom. The minimum absolute atomic E-state index is 0.227. The molecule has 0 radical (unpaired) electrons. The highest BCUT2D eigenvalue weighted by molar-refractivity contribution is 7.14. The van der Waals surface area contributed by atoms with E-state index in [4.69, 9.17) is 0 Å². The fraction of sp³-hybridized carbons (Fsp3) is 0.429. The summed E-state index contributed by atoms with van der Waals surface area (Å²) in [4.78, 5) is 14.5.